The van der Waals surface area contributed by atoms with Crippen LogP contribution in [0.4, 0.5) is 4.39 Å². The molecule has 0 aliphatic rings. The summed E-state index contributed by atoms with van der Waals surface area (Å²) in [6, 6.07) is 5.07. The number of benzene rings is 1. The van der Waals surface area contributed by atoms with Crippen molar-refractivity contribution < 1.29 is 4.39 Å². The molecule has 72 valence electrons. The Hall–Kier alpha value is -1.64. The molecule has 0 bridgehead atoms. The molecule has 14 heavy (non-hydrogen) atoms. The van der Waals surface area contributed by atoms with Gasteiger partial charge in [0, 0.05) is 24.4 Å². The molecule has 1 aromatic heterocycles. The van der Waals surface area contributed by atoms with Crippen molar-refractivity contribution in [3.63, 3.8) is 0 Å². The van der Waals surface area contributed by atoms with Gasteiger partial charge in [0.25, 0.3) is 0 Å². The van der Waals surface area contributed by atoms with Gasteiger partial charge in [-0.25, -0.2) is 4.39 Å². The molecule has 0 atom stereocenters. The molecule has 1 heterocycles. The van der Waals surface area contributed by atoms with Gasteiger partial charge in [-0.1, -0.05) is 11.6 Å². The molecule has 0 fully saturated rings. The van der Waals surface area contributed by atoms with Crippen molar-refractivity contribution >= 4 is 0 Å². The molecule has 1 aromatic carbocycles. The number of aryl methyl sites for hydroxylation is 2. The molecule has 0 spiro atoms. The van der Waals surface area contributed by atoms with E-state index in [0.29, 0.717) is 5.56 Å². The third-order valence-electron chi connectivity index (χ3n) is 2.14. The predicted molar refractivity (Wildman–Crippen MR) is 53.3 cm³/mol. The van der Waals surface area contributed by atoms with Gasteiger partial charge in [0.05, 0.1) is 6.20 Å². The van der Waals surface area contributed by atoms with Crippen LogP contribution in [-0.2, 0) is 7.05 Å². The zero-order valence-corrected chi connectivity index (χ0v) is 8.16. The Labute approximate surface area is 82.0 Å². The van der Waals surface area contributed by atoms with Crippen LogP contribution in [-0.4, -0.2) is 9.78 Å². The van der Waals surface area contributed by atoms with Crippen molar-refractivity contribution in [1.29, 1.82) is 0 Å². The minimum atomic E-state index is -0.205. The van der Waals surface area contributed by atoms with Crippen molar-refractivity contribution in [3.05, 3.63) is 42.0 Å². The first-order valence-electron chi connectivity index (χ1n) is 4.42. The summed E-state index contributed by atoms with van der Waals surface area (Å²) >= 11 is 0. The highest BCUT2D eigenvalue weighted by molar-refractivity contribution is 5.63. The summed E-state index contributed by atoms with van der Waals surface area (Å²) < 4.78 is 15.1. The van der Waals surface area contributed by atoms with Gasteiger partial charge in [-0.05, 0) is 19.1 Å². The van der Waals surface area contributed by atoms with Crippen LogP contribution in [0, 0.1) is 12.7 Å². The monoisotopic (exact) mass is 190 g/mol. The predicted octanol–water partition coefficient (Wildman–Crippen LogP) is 2.53. The molecule has 0 amide bonds. The molecule has 0 N–H and O–H groups in total. The van der Waals surface area contributed by atoms with Crippen molar-refractivity contribution in [2.75, 3.05) is 0 Å². The maximum absolute atomic E-state index is 13.4. The Kier molecular flexibility index (Phi) is 2.08. The van der Waals surface area contributed by atoms with Crippen molar-refractivity contribution in [2.24, 2.45) is 7.05 Å². The minimum Gasteiger partial charge on any atom is -0.275 e. The van der Waals surface area contributed by atoms with E-state index in [9.17, 15) is 4.39 Å². The van der Waals surface area contributed by atoms with E-state index in [-0.39, 0.29) is 5.82 Å². The smallest absolute Gasteiger partial charge is 0.131 e. The van der Waals surface area contributed by atoms with Gasteiger partial charge in [-0.15, -0.1) is 0 Å². The molecule has 0 aliphatic heterocycles. The Morgan fingerprint density at radius 1 is 1.36 bits per heavy atom. The lowest BCUT2D eigenvalue weighted by Crippen LogP contribution is -1.85. The molecule has 3 heteroatoms. The highest BCUT2D eigenvalue weighted by Crippen LogP contribution is 2.22. The van der Waals surface area contributed by atoms with Crippen LogP contribution in [0.15, 0.2) is 30.6 Å². The second-order valence-corrected chi connectivity index (χ2v) is 3.39. The lowest BCUT2D eigenvalue weighted by atomic mass is 10.1. The van der Waals surface area contributed by atoms with E-state index in [2.05, 4.69) is 5.10 Å². The first-order valence-corrected chi connectivity index (χ1v) is 4.42. The van der Waals surface area contributed by atoms with Crippen molar-refractivity contribution in [1.82, 2.24) is 9.78 Å². The van der Waals surface area contributed by atoms with E-state index in [0.717, 1.165) is 11.1 Å². The van der Waals surface area contributed by atoms with Crippen LogP contribution >= 0.6 is 0 Å². The summed E-state index contributed by atoms with van der Waals surface area (Å²) in [4.78, 5) is 0. The van der Waals surface area contributed by atoms with Crippen LogP contribution in [0.25, 0.3) is 11.1 Å². The molecule has 2 aromatic rings. The second-order valence-electron chi connectivity index (χ2n) is 3.39. The van der Waals surface area contributed by atoms with Gasteiger partial charge >= 0.3 is 0 Å². The fraction of sp³-hybridized carbons (Fsp3) is 0.182. The van der Waals surface area contributed by atoms with Crippen LogP contribution in [0.2, 0.25) is 0 Å². The van der Waals surface area contributed by atoms with Crippen molar-refractivity contribution in [2.45, 2.75) is 6.92 Å². The van der Waals surface area contributed by atoms with Gasteiger partial charge in [0.1, 0.15) is 5.82 Å². The lowest BCUT2D eigenvalue weighted by molar-refractivity contribution is 0.631. The average Bonchev–Trinajstić information content (AvgIpc) is 2.56. The highest BCUT2D eigenvalue weighted by atomic mass is 19.1. The summed E-state index contributed by atoms with van der Waals surface area (Å²) in [5.41, 5.74) is 2.47. The van der Waals surface area contributed by atoms with Crippen molar-refractivity contribution in [3.8, 4) is 11.1 Å². The van der Waals surface area contributed by atoms with Gasteiger partial charge < -0.3 is 0 Å². The maximum Gasteiger partial charge on any atom is 0.131 e. The third-order valence-corrected chi connectivity index (χ3v) is 2.14. The first kappa shape index (κ1) is 8.94. The average molecular weight is 190 g/mol. The van der Waals surface area contributed by atoms with Crippen LogP contribution in [0.3, 0.4) is 0 Å². The molecule has 0 unspecified atom stereocenters. The van der Waals surface area contributed by atoms with Gasteiger partial charge in [-0.2, -0.15) is 5.10 Å². The summed E-state index contributed by atoms with van der Waals surface area (Å²) in [5, 5.41) is 4.01. The third kappa shape index (κ3) is 1.53. The largest absolute Gasteiger partial charge is 0.275 e. The van der Waals surface area contributed by atoms with E-state index < -0.39 is 0 Å². The van der Waals surface area contributed by atoms with Crippen LogP contribution in [0.1, 0.15) is 5.56 Å². The number of hydrogen-bond donors (Lipinski definition) is 0. The Balaban J connectivity index is 2.55. The molecule has 2 nitrogen and oxygen atoms in total. The number of nitrogens with zero attached hydrogens (tertiary/aromatic N) is 2. The minimum absolute atomic E-state index is 0.205. The molecule has 0 aliphatic carbocycles. The Morgan fingerprint density at radius 2 is 2.14 bits per heavy atom. The normalized spacial score (nSPS) is 10.5. The molecule has 0 radical (unpaired) electrons. The molecule has 2 rings (SSSR count). The zero-order valence-electron chi connectivity index (χ0n) is 8.16. The van der Waals surface area contributed by atoms with Crippen LogP contribution in [0.5, 0.6) is 0 Å². The van der Waals surface area contributed by atoms with Gasteiger partial charge in [0.15, 0.2) is 0 Å². The summed E-state index contributed by atoms with van der Waals surface area (Å²) in [5.74, 6) is -0.205. The quantitative estimate of drug-likeness (QED) is 0.675. The highest BCUT2D eigenvalue weighted by Gasteiger charge is 2.06. The van der Waals surface area contributed by atoms with E-state index in [4.69, 9.17) is 0 Å². The number of halogens is 1. The summed E-state index contributed by atoms with van der Waals surface area (Å²) in [6.07, 6.45) is 3.47. The fourth-order valence-electron chi connectivity index (χ4n) is 1.42. The number of rotatable bonds is 1. The van der Waals surface area contributed by atoms with E-state index in [1.165, 1.54) is 6.07 Å². The molecule has 0 saturated heterocycles. The molecule has 0 saturated carbocycles. The molecular weight excluding hydrogens is 179 g/mol. The lowest BCUT2D eigenvalue weighted by Gasteiger charge is -2.00. The maximum atomic E-state index is 13.4. The van der Waals surface area contributed by atoms with Gasteiger partial charge in [-0.3, -0.25) is 4.68 Å². The van der Waals surface area contributed by atoms with Gasteiger partial charge in [0.2, 0.25) is 0 Å². The standard InChI is InChI=1S/C11H11FN2/c1-8-3-4-11(12)10(5-8)9-6-13-14(2)7-9/h3-7H,1-2H3. The number of aromatic nitrogens is 2. The van der Waals surface area contributed by atoms with Crippen LogP contribution < -0.4 is 0 Å². The summed E-state index contributed by atoms with van der Waals surface area (Å²) in [7, 11) is 1.82. The number of hydrogen-bond acceptors (Lipinski definition) is 1. The Bertz CT molecular complexity index is 460. The topological polar surface area (TPSA) is 17.8 Å². The first-order chi connectivity index (χ1) is 6.66. The Morgan fingerprint density at radius 3 is 2.79 bits per heavy atom. The summed E-state index contributed by atoms with van der Waals surface area (Å²) in [6.45, 7) is 1.94. The van der Waals surface area contributed by atoms with E-state index in [1.807, 2.05) is 20.0 Å². The van der Waals surface area contributed by atoms with E-state index >= 15 is 0 Å². The van der Waals surface area contributed by atoms with E-state index in [1.54, 1.807) is 23.1 Å². The fourth-order valence-corrected chi connectivity index (χ4v) is 1.42. The SMILES string of the molecule is Cc1ccc(F)c(-c2cnn(C)c2)c1. The zero-order chi connectivity index (χ0) is 10.1. The second kappa shape index (κ2) is 3.25. The molecular formula is C11H11FN2.